The zero-order valence-electron chi connectivity index (χ0n) is 12.0. The largest absolute Gasteiger partial charge is 0.384 e. The molecule has 0 saturated heterocycles. The first kappa shape index (κ1) is 14.4. The van der Waals surface area contributed by atoms with Crippen LogP contribution in [0.2, 0.25) is 0 Å². The summed E-state index contributed by atoms with van der Waals surface area (Å²) in [5.74, 6) is -0.00717. The average molecular weight is 275 g/mol. The zero-order chi connectivity index (χ0) is 14.5. The van der Waals surface area contributed by atoms with E-state index in [0.717, 1.165) is 12.1 Å². The number of hydrogen-bond donors (Lipinski definition) is 2. The molecule has 5 nitrogen and oxygen atoms in total. The van der Waals surface area contributed by atoms with Crippen LogP contribution < -0.4 is 10.6 Å². The number of carbonyl (C=O) groups excluding carboxylic acids is 2. The van der Waals surface area contributed by atoms with Gasteiger partial charge in [-0.25, -0.2) is 0 Å². The van der Waals surface area contributed by atoms with Crippen LogP contribution in [0.3, 0.4) is 0 Å². The summed E-state index contributed by atoms with van der Waals surface area (Å²) >= 11 is 0. The van der Waals surface area contributed by atoms with Crippen LogP contribution in [0.25, 0.3) is 0 Å². The zero-order valence-corrected chi connectivity index (χ0v) is 12.0. The maximum absolute atomic E-state index is 12.4. The lowest BCUT2D eigenvalue weighted by Crippen LogP contribution is -2.40. The molecule has 0 aromatic heterocycles. The molecule has 2 amide bonds. The number of fused-ring (bicyclic) bond motifs is 1. The number of anilines is 1. The number of hydrogen-bond acceptors (Lipinski definition) is 3. The molecular formula is C15H21N3O2. The predicted octanol–water partition coefficient (Wildman–Crippen LogP) is 0.865. The minimum absolute atomic E-state index is 0.0447. The molecule has 1 aliphatic heterocycles. The van der Waals surface area contributed by atoms with E-state index in [1.54, 1.807) is 19.0 Å². The van der Waals surface area contributed by atoms with E-state index in [0.29, 0.717) is 19.5 Å². The van der Waals surface area contributed by atoms with E-state index < -0.39 is 0 Å². The molecule has 0 radical (unpaired) electrons. The topological polar surface area (TPSA) is 61.4 Å². The predicted molar refractivity (Wildman–Crippen MR) is 78.4 cm³/mol. The molecule has 108 valence electrons. The minimum atomic E-state index is -0.0559. The Morgan fingerprint density at radius 1 is 1.40 bits per heavy atom. The highest BCUT2D eigenvalue weighted by Crippen LogP contribution is 2.25. The molecule has 0 saturated carbocycles. The van der Waals surface area contributed by atoms with Crippen LogP contribution in [0.5, 0.6) is 0 Å². The molecule has 1 atom stereocenters. The van der Waals surface area contributed by atoms with Crippen molar-refractivity contribution in [3.8, 4) is 0 Å². The number of nitrogens with one attached hydrogen (secondary N) is 2. The van der Waals surface area contributed by atoms with E-state index >= 15 is 0 Å². The summed E-state index contributed by atoms with van der Waals surface area (Å²) in [7, 11) is 3.36. The molecule has 1 aliphatic rings. The Morgan fingerprint density at radius 3 is 2.90 bits per heavy atom. The maximum Gasteiger partial charge on any atom is 0.227 e. The summed E-state index contributed by atoms with van der Waals surface area (Å²) in [4.78, 5) is 25.2. The lowest BCUT2D eigenvalue weighted by atomic mass is 9.93. The molecule has 0 fully saturated rings. The molecule has 0 aliphatic carbocycles. The van der Waals surface area contributed by atoms with Gasteiger partial charge in [-0.3, -0.25) is 9.59 Å². The van der Waals surface area contributed by atoms with Crippen molar-refractivity contribution < 1.29 is 9.59 Å². The first-order valence-corrected chi connectivity index (χ1v) is 6.89. The van der Waals surface area contributed by atoms with Crippen molar-refractivity contribution >= 4 is 17.5 Å². The number of carbonyl (C=O) groups is 2. The van der Waals surface area contributed by atoms with Crippen molar-refractivity contribution in [3.63, 3.8) is 0 Å². The fourth-order valence-electron chi connectivity index (χ4n) is 2.43. The summed E-state index contributed by atoms with van der Waals surface area (Å²) < 4.78 is 0. The van der Waals surface area contributed by atoms with Crippen LogP contribution in [0.4, 0.5) is 5.69 Å². The van der Waals surface area contributed by atoms with Crippen LogP contribution >= 0.6 is 0 Å². The van der Waals surface area contributed by atoms with Gasteiger partial charge >= 0.3 is 0 Å². The second kappa shape index (κ2) is 6.41. The molecule has 2 rings (SSSR count). The number of nitrogens with zero attached hydrogens (tertiary/aromatic N) is 1. The Morgan fingerprint density at radius 2 is 2.15 bits per heavy atom. The molecule has 1 aromatic rings. The Kier molecular flexibility index (Phi) is 4.61. The number of amides is 2. The lowest BCUT2D eigenvalue weighted by molar-refractivity contribution is -0.134. The van der Waals surface area contributed by atoms with Crippen molar-refractivity contribution in [2.75, 3.05) is 32.5 Å². The first-order chi connectivity index (χ1) is 9.61. The van der Waals surface area contributed by atoms with E-state index in [1.165, 1.54) is 5.56 Å². The van der Waals surface area contributed by atoms with Gasteiger partial charge in [-0.05, 0) is 18.1 Å². The van der Waals surface area contributed by atoms with E-state index in [1.807, 2.05) is 24.3 Å². The molecule has 5 heteroatoms. The third kappa shape index (κ3) is 3.29. The van der Waals surface area contributed by atoms with Crippen LogP contribution in [0.15, 0.2) is 24.3 Å². The molecule has 1 aromatic carbocycles. The normalized spacial score (nSPS) is 16.8. The van der Waals surface area contributed by atoms with Crippen LogP contribution in [0, 0.1) is 5.92 Å². The quantitative estimate of drug-likeness (QED) is 0.857. The van der Waals surface area contributed by atoms with E-state index in [4.69, 9.17) is 0 Å². The standard InChI is InChI=1S/C15H21N3O2/c1-16-14(19)7-8-18(2)15(20)12-9-11-5-3-4-6-13(11)17-10-12/h3-6,12,17H,7-10H2,1-2H3,(H,16,19). The fourth-order valence-corrected chi connectivity index (χ4v) is 2.43. The van der Waals surface area contributed by atoms with Gasteiger partial charge in [-0.1, -0.05) is 18.2 Å². The van der Waals surface area contributed by atoms with Gasteiger partial charge in [-0.2, -0.15) is 0 Å². The highest BCUT2D eigenvalue weighted by molar-refractivity contribution is 5.82. The van der Waals surface area contributed by atoms with Crippen LogP contribution in [0.1, 0.15) is 12.0 Å². The Balaban J connectivity index is 1.92. The van der Waals surface area contributed by atoms with Crippen molar-refractivity contribution in [1.82, 2.24) is 10.2 Å². The lowest BCUT2D eigenvalue weighted by Gasteiger charge is -2.28. The van der Waals surface area contributed by atoms with E-state index in [2.05, 4.69) is 10.6 Å². The Hall–Kier alpha value is -2.04. The number of benzene rings is 1. The second-order valence-electron chi connectivity index (χ2n) is 5.12. The number of para-hydroxylation sites is 1. The smallest absolute Gasteiger partial charge is 0.227 e. The summed E-state index contributed by atoms with van der Waals surface area (Å²) in [6.07, 6.45) is 1.10. The molecule has 0 spiro atoms. The SMILES string of the molecule is CNC(=O)CCN(C)C(=O)C1CNc2ccccc2C1. The van der Waals surface area contributed by atoms with Gasteiger partial charge in [0.1, 0.15) is 0 Å². The third-order valence-corrected chi connectivity index (χ3v) is 3.70. The van der Waals surface area contributed by atoms with Crippen LogP contribution in [-0.4, -0.2) is 43.9 Å². The number of rotatable bonds is 4. The van der Waals surface area contributed by atoms with Gasteiger partial charge < -0.3 is 15.5 Å². The van der Waals surface area contributed by atoms with Gasteiger partial charge in [0, 0.05) is 39.3 Å². The van der Waals surface area contributed by atoms with E-state index in [9.17, 15) is 9.59 Å². The maximum atomic E-state index is 12.4. The van der Waals surface area contributed by atoms with E-state index in [-0.39, 0.29) is 17.7 Å². The van der Waals surface area contributed by atoms with Gasteiger partial charge in [0.05, 0.1) is 5.92 Å². The monoisotopic (exact) mass is 275 g/mol. The van der Waals surface area contributed by atoms with Crippen molar-refractivity contribution in [3.05, 3.63) is 29.8 Å². The fraction of sp³-hybridized carbons (Fsp3) is 0.467. The van der Waals surface area contributed by atoms with Crippen molar-refractivity contribution in [2.45, 2.75) is 12.8 Å². The molecular weight excluding hydrogens is 254 g/mol. The molecule has 20 heavy (non-hydrogen) atoms. The highest BCUT2D eigenvalue weighted by Gasteiger charge is 2.26. The summed E-state index contributed by atoms with van der Waals surface area (Å²) in [6.45, 7) is 1.11. The van der Waals surface area contributed by atoms with Crippen molar-refractivity contribution in [2.24, 2.45) is 5.92 Å². The molecule has 2 N–H and O–H groups in total. The first-order valence-electron chi connectivity index (χ1n) is 6.89. The van der Waals surface area contributed by atoms with Gasteiger partial charge in [0.25, 0.3) is 0 Å². The van der Waals surface area contributed by atoms with Gasteiger partial charge in [0.15, 0.2) is 0 Å². The Labute approximate surface area is 119 Å². The molecule has 1 unspecified atom stereocenters. The van der Waals surface area contributed by atoms with Gasteiger partial charge in [0.2, 0.25) is 11.8 Å². The summed E-state index contributed by atoms with van der Waals surface area (Å²) in [6, 6.07) is 8.06. The Bertz CT molecular complexity index is 502. The summed E-state index contributed by atoms with van der Waals surface area (Å²) in [5.41, 5.74) is 2.29. The van der Waals surface area contributed by atoms with Crippen LogP contribution in [-0.2, 0) is 16.0 Å². The summed E-state index contributed by atoms with van der Waals surface area (Å²) in [5, 5.41) is 5.86. The van der Waals surface area contributed by atoms with Crippen molar-refractivity contribution in [1.29, 1.82) is 0 Å². The molecule has 0 bridgehead atoms. The highest BCUT2D eigenvalue weighted by atomic mass is 16.2. The third-order valence-electron chi connectivity index (χ3n) is 3.70. The minimum Gasteiger partial charge on any atom is -0.384 e. The average Bonchev–Trinajstić information content (AvgIpc) is 2.50. The van der Waals surface area contributed by atoms with Gasteiger partial charge in [-0.15, -0.1) is 0 Å². The molecule has 1 heterocycles. The second-order valence-corrected chi connectivity index (χ2v) is 5.12.